The number of nitrogens with one attached hydrogen (secondary N) is 1. The molecule has 0 bridgehead atoms. The number of ether oxygens (including phenoxy) is 1. The summed E-state index contributed by atoms with van der Waals surface area (Å²) in [7, 11) is 0. The fraction of sp³-hybridized carbons (Fsp3) is 0.667. The number of carbonyl (C=O) groups is 3. The zero-order valence-electron chi connectivity index (χ0n) is 21.5. The van der Waals surface area contributed by atoms with E-state index in [1.165, 1.54) is 0 Å². The highest BCUT2D eigenvalue weighted by Gasteiger charge is 2.38. The molecule has 2 aliphatic rings. The molecule has 0 spiro atoms. The Morgan fingerprint density at radius 1 is 1.17 bits per heavy atom. The molecule has 1 unspecified atom stereocenters. The third-order valence-electron chi connectivity index (χ3n) is 6.74. The molecule has 2 N–H and O–H groups in total. The van der Waals surface area contributed by atoms with E-state index in [-0.39, 0.29) is 27.9 Å². The second kappa shape index (κ2) is 11.6. The van der Waals surface area contributed by atoms with Gasteiger partial charge >= 0.3 is 5.97 Å². The van der Waals surface area contributed by atoms with Crippen LogP contribution in [-0.4, -0.2) is 60.0 Å². The number of carboxylic acids is 1. The van der Waals surface area contributed by atoms with Crippen molar-refractivity contribution in [1.82, 2.24) is 4.90 Å². The lowest BCUT2D eigenvalue weighted by Crippen LogP contribution is -2.50. The molecule has 1 amide bonds. The van der Waals surface area contributed by atoms with Gasteiger partial charge in [-0.1, -0.05) is 38.5 Å². The molecule has 8 heteroatoms. The number of ketones is 1. The van der Waals surface area contributed by atoms with Gasteiger partial charge in [0, 0.05) is 24.4 Å². The number of thiophene rings is 1. The first-order valence-electron chi connectivity index (χ1n) is 12.5. The molecule has 2 heterocycles. The zero-order valence-corrected chi connectivity index (χ0v) is 22.3. The van der Waals surface area contributed by atoms with Gasteiger partial charge < -0.3 is 20.1 Å². The minimum atomic E-state index is -1.08. The van der Waals surface area contributed by atoms with Crippen LogP contribution in [0.1, 0.15) is 74.9 Å². The summed E-state index contributed by atoms with van der Waals surface area (Å²) in [6, 6.07) is 0.891. The second-order valence-corrected chi connectivity index (χ2v) is 11.9. The summed E-state index contributed by atoms with van der Waals surface area (Å²) in [5, 5.41) is 13.0. The van der Waals surface area contributed by atoms with Gasteiger partial charge in [-0.05, 0) is 45.6 Å². The van der Waals surface area contributed by atoms with Crippen molar-refractivity contribution >= 4 is 34.7 Å². The Kier molecular flexibility index (Phi) is 9.00. The molecule has 1 aromatic rings. The number of aromatic carboxylic acids is 1. The van der Waals surface area contributed by atoms with E-state index in [0.717, 1.165) is 37.0 Å². The quantitative estimate of drug-likeness (QED) is 0.533. The van der Waals surface area contributed by atoms with E-state index in [0.29, 0.717) is 42.8 Å². The van der Waals surface area contributed by atoms with Gasteiger partial charge in [-0.2, -0.15) is 0 Å². The van der Waals surface area contributed by atoms with Crippen molar-refractivity contribution < 1.29 is 24.2 Å². The number of nitrogens with zero attached hydrogens (tertiary/aromatic N) is 1. The third kappa shape index (κ3) is 7.31. The van der Waals surface area contributed by atoms with Crippen molar-refractivity contribution in [3.8, 4) is 11.8 Å². The molecule has 192 valence electrons. The van der Waals surface area contributed by atoms with Gasteiger partial charge in [0.15, 0.2) is 5.78 Å². The summed E-state index contributed by atoms with van der Waals surface area (Å²) in [6.45, 7) is 11.9. The van der Waals surface area contributed by atoms with E-state index in [9.17, 15) is 19.5 Å². The van der Waals surface area contributed by atoms with E-state index in [1.807, 2.05) is 20.8 Å². The highest BCUT2D eigenvalue weighted by molar-refractivity contribution is 7.15. The predicted octanol–water partition coefficient (Wildman–Crippen LogP) is 4.51. The molecule has 7 nitrogen and oxygen atoms in total. The van der Waals surface area contributed by atoms with Crippen molar-refractivity contribution in [1.29, 1.82) is 0 Å². The van der Waals surface area contributed by atoms with Gasteiger partial charge in [0.05, 0.1) is 35.7 Å². The van der Waals surface area contributed by atoms with Gasteiger partial charge in [0.2, 0.25) is 5.91 Å². The van der Waals surface area contributed by atoms with E-state index in [2.05, 4.69) is 24.1 Å². The van der Waals surface area contributed by atoms with Crippen LogP contribution in [0.2, 0.25) is 0 Å². The summed E-state index contributed by atoms with van der Waals surface area (Å²) >= 11 is 1.09. The number of rotatable bonds is 7. The molecule has 1 aliphatic carbocycles. The largest absolute Gasteiger partial charge is 0.477 e. The monoisotopic (exact) mass is 502 g/mol. The van der Waals surface area contributed by atoms with Crippen LogP contribution in [0.4, 0.5) is 5.69 Å². The second-order valence-electron chi connectivity index (χ2n) is 10.9. The summed E-state index contributed by atoms with van der Waals surface area (Å²) in [5.74, 6) is 4.84. The normalized spacial score (nSPS) is 22.5. The smallest absolute Gasteiger partial charge is 0.348 e. The molecule has 1 aromatic heterocycles. The number of amides is 1. The van der Waals surface area contributed by atoms with Crippen LogP contribution in [0, 0.1) is 35.0 Å². The lowest BCUT2D eigenvalue weighted by atomic mass is 9.77. The van der Waals surface area contributed by atoms with Crippen LogP contribution in [0.15, 0.2) is 6.07 Å². The molecule has 2 fully saturated rings. The topological polar surface area (TPSA) is 95.9 Å². The average Bonchev–Trinajstić information content (AvgIpc) is 3.24. The first-order chi connectivity index (χ1) is 16.5. The van der Waals surface area contributed by atoms with Crippen LogP contribution in [0.5, 0.6) is 0 Å². The Hall–Kier alpha value is -2.37. The zero-order chi connectivity index (χ0) is 25.8. The van der Waals surface area contributed by atoms with Crippen LogP contribution >= 0.6 is 11.3 Å². The van der Waals surface area contributed by atoms with Gasteiger partial charge in [-0.15, -0.1) is 11.3 Å². The maximum atomic E-state index is 13.8. The van der Waals surface area contributed by atoms with Crippen LogP contribution in [-0.2, 0) is 14.3 Å². The number of carbonyl (C=O) groups excluding carboxylic acids is 2. The van der Waals surface area contributed by atoms with Gasteiger partial charge in [-0.3, -0.25) is 9.59 Å². The van der Waals surface area contributed by atoms with Crippen molar-refractivity contribution in [2.24, 2.45) is 23.2 Å². The number of morpholine rings is 1. The fourth-order valence-electron chi connectivity index (χ4n) is 4.59. The van der Waals surface area contributed by atoms with Gasteiger partial charge in [0.1, 0.15) is 4.88 Å². The van der Waals surface area contributed by atoms with Crippen LogP contribution < -0.4 is 5.32 Å². The standard InChI is InChI=1S/C27H38N2O5S/c1-17-6-8-19(9-7-17)23(30)22(18(2)25(31)29-12-14-34-15-13-29)28-21-16-20(10-11-27(3,4)5)35-24(21)26(32)33/h16-19,22,28H,6-9,12-15H2,1-5H3,(H,32,33)/t17?,18-,19?,22?/m0/s1. The van der Waals surface area contributed by atoms with Crippen LogP contribution in [0.25, 0.3) is 0 Å². The number of carboxylic acid groups (broad SMARTS) is 1. The van der Waals surface area contributed by atoms with Crippen LogP contribution in [0.3, 0.4) is 0 Å². The van der Waals surface area contributed by atoms with E-state index < -0.39 is 17.9 Å². The summed E-state index contributed by atoms with van der Waals surface area (Å²) < 4.78 is 5.38. The molecular formula is C27H38N2O5S. The van der Waals surface area contributed by atoms with Crippen molar-refractivity contribution in [3.63, 3.8) is 0 Å². The molecule has 1 saturated heterocycles. The molecule has 35 heavy (non-hydrogen) atoms. The molecule has 0 radical (unpaired) electrons. The van der Waals surface area contributed by atoms with E-state index in [4.69, 9.17) is 4.74 Å². The number of anilines is 1. The molecule has 2 atom stereocenters. The molecule has 1 saturated carbocycles. The Bertz CT molecular complexity index is 985. The predicted molar refractivity (Wildman–Crippen MR) is 138 cm³/mol. The first-order valence-corrected chi connectivity index (χ1v) is 13.3. The van der Waals surface area contributed by atoms with Gasteiger partial charge in [-0.25, -0.2) is 4.79 Å². The molecule has 1 aliphatic heterocycles. The lowest BCUT2D eigenvalue weighted by molar-refractivity contribution is -0.142. The summed E-state index contributed by atoms with van der Waals surface area (Å²) in [4.78, 5) is 41.6. The molecule has 0 aromatic carbocycles. The lowest BCUT2D eigenvalue weighted by Gasteiger charge is -2.34. The van der Waals surface area contributed by atoms with Crippen molar-refractivity contribution in [3.05, 3.63) is 15.8 Å². The fourth-order valence-corrected chi connectivity index (χ4v) is 5.40. The number of Topliss-reactive ketones (excluding diaryl/α,β-unsaturated/α-hetero) is 1. The highest BCUT2D eigenvalue weighted by Crippen LogP contribution is 2.34. The van der Waals surface area contributed by atoms with Crippen molar-refractivity contribution in [2.75, 3.05) is 31.6 Å². The Labute approximate surface area is 212 Å². The average molecular weight is 503 g/mol. The summed E-state index contributed by atoms with van der Waals surface area (Å²) in [6.07, 6.45) is 3.57. The SMILES string of the molecule is CC1CCC(C(=O)C(Nc2cc(C#CC(C)(C)C)sc2C(=O)O)[C@H](C)C(=O)N2CCOCC2)CC1. The van der Waals surface area contributed by atoms with E-state index in [1.54, 1.807) is 17.9 Å². The number of hydrogen-bond acceptors (Lipinski definition) is 6. The van der Waals surface area contributed by atoms with E-state index >= 15 is 0 Å². The Balaban J connectivity index is 1.91. The minimum Gasteiger partial charge on any atom is -0.477 e. The first kappa shape index (κ1) is 27.2. The van der Waals surface area contributed by atoms with Crippen molar-refractivity contribution in [2.45, 2.75) is 66.3 Å². The van der Waals surface area contributed by atoms with Gasteiger partial charge in [0.25, 0.3) is 0 Å². The maximum absolute atomic E-state index is 13.8. The number of hydrogen-bond donors (Lipinski definition) is 2. The third-order valence-corrected chi connectivity index (χ3v) is 7.77. The minimum absolute atomic E-state index is 0.00382. The maximum Gasteiger partial charge on any atom is 0.348 e. The Morgan fingerprint density at radius 3 is 2.37 bits per heavy atom. The highest BCUT2D eigenvalue weighted by atomic mass is 32.1. The molecule has 3 rings (SSSR count). The molecular weight excluding hydrogens is 464 g/mol. The Morgan fingerprint density at radius 2 is 1.80 bits per heavy atom. The summed E-state index contributed by atoms with van der Waals surface area (Å²) in [5.41, 5.74) is 0.126.